The van der Waals surface area contributed by atoms with Crippen molar-refractivity contribution in [3.05, 3.63) is 50.7 Å². The van der Waals surface area contributed by atoms with Gasteiger partial charge in [0.25, 0.3) is 0 Å². The number of hydrogen-bond acceptors (Lipinski definition) is 6. The van der Waals surface area contributed by atoms with E-state index >= 15 is 0 Å². The summed E-state index contributed by atoms with van der Waals surface area (Å²) in [5.74, 6) is 0.332. The minimum atomic E-state index is -1.10. The Morgan fingerprint density at radius 1 is 1.37 bits per heavy atom. The van der Waals surface area contributed by atoms with E-state index in [-0.39, 0.29) is 17.6 Å². The number of aromatic nitrogens is 3. The Morgan fingerprint density at radius 2 is 2.15 bits per heavy atom. The lowest BCUT2D eigenvalue weighted by Crippen LogP contribution is -2.45. The molecule has 1 aliphatic heterocycles. The molecule has 144 valence electrons. The van der Waals surface area contributed by atoms with Gasteiger partial charge in [0.05, 0.1) is 12.1 Å². The zero-order chi connectivity index (χ0) is 19.2. The number of nitrogens with zero attached hydrogens (tertiary/aromatic N) is 5. The van der Waals surface area contributed by atoms with E-state index in [1.54, 1.807) is 6.92 Å². The number of hydrogen-bond donors (Lipinski definition) is 1. The van der Waals surface area contributed by atoms with E-state index in [4.69, 9.17) is 16.6 Å². The summed E-state index contributed by atoms with van der Waals surface area (Å²) < 4.78 is 1.42. The van der Waals surface area contributed by atoms with E-state index in [2.05, 4.69) is 22.0 Å². The summed E-state index contributed by atoms with van der Waals surface area (Å²) in [5.41, 5.74) is 2.49. The number of halogens is 1. The molecule has 1 aliphatic carbocycles. The predicted molar refractivity (Wildman–Crippen MR) is 99.7 cm³/mol. The van der Waals surface area contributed by atoms with Crippen molar-refractivity contribution in [2.45, 2.75) is 50.8 Å². The molecule has 1 fully saturated rings. The molecule has 0 spiro atoms. The number of pyridine rings is 1. The van der Waals surface area contributed by atoms with Gasteiger partial charge in [0.1, 0.15) is 6.20 Å². The summed E-state index contributed by atoms with van der Waals surface area (Å²) >= 11 is 5.96. The average molecular weight is 392 g/mol. The molecule has 2 aromatic rings. The van der Waals surface area contributed by atoms with E-state index in [1.807, 2.05) is 0 Å². The maximum absolute atomic E-state index is 10.8. The third-order valence-corrected chi connectivity index (χ3v) is 5.42. The Morgan fingerprint density at radius 3 is 2.81 bits per heavy atom. The van der Waals surface area contributed by atoms with Gasteiger partial charge in [0.2, 0.25) is 0 Å². The number of fused-ring (bicyclic) bond motifs is 1. The second kappa shape index (κ2) is 6.85. The Bertz CT molecular complexity index is 878. The first kappa shape index (κ1) is 18.3. The van der Waals surface area contributed by atoms with E-state index in [0.29, 0.717) is 12.5 Å². The van der Waals surface area contributed by atoms with Crippen LogP contribution in [0, 0.1) is 10.1 Å². The summed E-state index contributed by atoms with van der Waals surface area (Å²) in [4.78, 5) is 20.9. The lowest BCUT2D eigenvalue weighted by Gasteiger charge is -2.34. The first-order valence-corrected chi connectivity index (χ1v) is 9.49. The quantitative estimate of drug-likeness (QED) is 0.600. The third-order valence-electron chi connectivity index (χ3n) is 5.12. The minimum absolute atomic E-state index is 0.00256. The van der Waals surface area contributed by atoms with Gasteiger partial charge in [-0.05, 0) is 52.9 Å². The van der Waals surface area contributed by atoms with Crippen LogP contribution in [0.4, 0.5) is 5.82 Å². The molecule has 0 saturated heterocycles. The molecule has 2 aromatic heterocycles. The lowest BCUT2D eigenvalue weighted by atomic mass is 10.0. The Kier molecular flexibility index (Phi) is 4.65. The summed E-state index contributed by atoms with van der Waals surface area (Å²) in [6.45, 7) is 3.83. The largest absolute Gasteiger partial charge is 0.387 e. The lowest BCUT2D eigenvalue weighted by molar-refractivity contribution is -0.389. The second-order valence-electron chi connectivity index (χ2n) is 7.83. The highest BCUT2D eigenvalue weighted by Gasteiger charge is 2.31. The van der Waals surface area contributed by atoms with Crippen LogP contribution in [-0.4, -0.2) is 48.2 Å². The van der Waals surface area contributed by atoms with E-state index < -0.39 is 10.5 Å². The van der Waals surface area contributed by atoms with Crippen molar-refractivity contribution in [3.8, 4) is 0 Å². The van der Waals surface area contributed by atoms with E-state index in [0.717, 1.165) is 19.5 Å². The molecule has 8 nitrogen and oxygen atoms in total. The van der Waals surface area contributed by atoms with Crippen LogP contribution in [0.5, 0.6) is 0 Å². The fourth-order valence-electron chi connectivity index (χ4n) is 3.71. The van der Waals surface area contributed by atoms with Crippen molar-refractivity contribution >= 4 is 17.4 Å². The van der Waals surface area contributed by atoms with Gasteiger partial charge in [-0.25, -0.2) is 0 Å². The molecule has 9 heteroatoms. The van der Waals surface area contributed by atoms with Gasteiger partial charge in [-0.1, -0.05) is 6.07 Å². The maximum Gasteiger partial charge on any atom is 0.383 e. The molecule has 0 amide bonds. The molecule has 0 bridgehead atoms. The van der Waals surface area contributed by atoms with Crippen LogP contribution in [0.3, 0.4) is 0 Å². The van der Waals surface area contributed by atoms with Crippen molar-refractivity contribution < 1.29 is 10.0 Å². The minimum Gasteiger partial charge on any atom is -0.387 e. The zero-order valence-electron chi connectivity index (χ0n) is 15.1. The molecular weight excluding hydrogens is 370 g/mol. The Labute approximate surface area is 161 Å². The summed E-state index contributed by atoms with van der Waals surface area (Å²) in [6, 6.07) is 4.29. The van der Waals surface area contributed by atoms with Gasteiger partial charge < -0.3 is 15.2 Å². The SMILES string of the molecule is CC(O)(CN1CCc2nc(C3CC3)ccc2C1)Cn1cc([N+](=O)[O-])nc1Cl. The maximum atomic E-state index is 10.8. The van der Waals surface area contributed by atoms with Crippen LogP contribution < -0.4 is 0 Å². The van der Waals surface area contributed by atoms with Crippen LogP contribution in [0.1, 0.15) is 42.6 Å². The Hall–Kier alpha value is -2.03. The number of β-amino-alcohol motifs (C(OH)–C–C–N with tert-alkyl or cyclic N) is 1. The average Bonchev–Trinajstić information content (AvgIpc) is 3.38. The van der Waals surface area contributed by atoms with Crippen molar-refractivity contribution in [1.29, 1.82) is 0 Å². The zero-order valence-corrected chi connectivity index (χ0v) is 15.9. The van der Waals surface area contributed by atoms with Crippen LogP contribution in [0.2, 0.25) is 5.28 Å². The molecule has 1 atom stereocenters. The van der Waals surface area contributed by atoms with Crippen molar-refractivity contribution in [2.75, 3.05) is 13.1 Å². The smallest absolute Gasteiger partial charge is 0.383 e. The topological polar surface area (TPSA) is 97.3 Å². The number of rotatable bonds is 6. The molecule has 1 unspecified atom stereocenters. The van der Waals surface area contributed by atoms with Crippen LogP contribution in [0.15, 0.2) is 18.3 Å². The van der Waals surface area contributed by atoms with Crippen molar-refractivity contribution in [2.24, 2.45) is 0 Å². The number of imidazole rings is 1. The van der Waals surface area contributed by atoms with E-state index in [1.165, 1.54) is 40.6 Å². The summed E-state index contributed by atoms with van der Waals surface area (Å²) in [6.07, 6.45) is 4.61. The predicted octanol–water partition coefficient (Wildman–Crippen LogP) is 2.53. The molecule has 1 saturated carbocycles. The molecular formula is C18H22ClN5O3. The van der Waals surface area contributed by atoms with Crippen LogP contribution in [0.25, 0.3) is 0 Å². The fourth-order valence-corrected chi connectivity index (χ4v) is 3.91. The Balaban J connectivity index is 1.41. The molecule has 3 heterocycles. The van der Waals surface area contributed by atoms with Gasteiger partial charge in [0, 0.05) is 43.4 Å². The van der Waals surface area contributed by atoms with Gasteiger partial charge in [-0.15, -0.1) is 0 Å². The first-order valence-electron chi connectivity index (χ1n) is 9.11. The standard InChI is InChI=1S/C18H22ClN5O3/c1-18(25,11-23-9-16(24(26)27)21-17(23)19)10-22-7-6-15-13(8-22)4-5-14(20-15)12-2-3-12/h4-5,9,12,25H,2-3,6-8,10-11H2,1H3. The third kappa shape index (κ3) is 4.12. The normalized spacial score (nSPS) is 19.5. The van der Waals surface area contributed by atoms with Crippen LogP contribution >= 0.6 is 11.6 Å². The number of aliphatic hydroxyl groups is 1. The van der Waals surface area contributed by atoms with Crippen LogP contribution in [-0.2, 0) is 19.5 Å². The highest BCUT2D eigenvalue weighted by Crippen LogP contribution is 2.39. The summed E-state index contributed by atoms with van der Waals surface area (Å²) in [7, 11) is 0. The van der Waals surface area contributed by atoms with Gasteiger partial charge in [0.15, 0.2) is 0 Å². The molecule has 27 heavy (non-hydrogen) atoms. The van der Waals surface area contributed by atoms with Gasteiger partial charge in [-0.3, -0.25) is 14.5 Å². The van der Waals surface area contributed by atoms with Crippen molar-refractivity contribution in [3.63, 3.8) is 0 Å². The first-order chi connectivity index (χ1) is 12.8. The second-order valence-corrected chi connectivity index (χ2v) is 8.17. The highest BCUT2D eigenvalue weighted by molar-refractivity contribution is 6.28. The van der Waals surface area contributed by atoms with Crippen molar-refractivity contribution in [1.82, 2.24) is 19.4 Å². The molecule has 0 radical (unpaired) electrons. The molecule has 1 N–H and O–H groups in total. The number of nitro groups is 1. The summed E-state index contributed by atoms with van der Waals surface area (Å²) in [5, 5.41) is 21.7. The van der Waals surface area contributed by atoms with Gasteiger partial charge >= 0.3 is 11.1 Å². The fraction of sp³-hybridized carbons (Fsp3) is 0.556. The monoisotopic (exact) mass is 391 g/mol. The van der Waals surface area contributed by atoms with Gasteiger partial charge in [-0.2, -0.15) is 0 Å². The highest BCUT2D eigenvalue weighted by atomic mass is 35.5. The molecule has 0 aromatic carbocycles. The molecule has 2 aliphatic rings. The van der Waals surface area contributed by atoms with E-state index in [9.17, 15) is 15.2 Å². The molecule has 4 rings (SSSR count).